The molecule has 0 radical (unpaired) electrons. The molecule has 5 heteroatoms. The van der Waals surface area contributed by atoms with E-state index in [2.05, 4.69) is 0 Å². The van der Waals surface area contributed by atoms with Crippen LogP contribution in [0.4, 0.5) is 8.78 Å². The summed E-state index contributed by atoms with van der Waals surface area (Å²) in [4.78, 5) is 10.4. The van der Waals surface area contributed by atoms with Gasteiger partial charge >= 0.3 is 5.97 Å². The number of aryl methyl sites for hydroxylation is 1. The zero-order chi connectivity index (χ0) is 10.9. The van der Waals surface area contributed by atoms with E-state index in [0.717, 1.165) is 6.07 Å². The van der Waals surface area contributed by atoms with E-state index in [9.17, 15) is 13.6 Å². The van der Waals surface area contributed by atoms with Gasteiger partial charge in [0.05, 0.1) is 0 Å². The molecule has 0 aliphatic rings. The van der Waals surface area contributed by atoms with Gasteiger partial charge in [-0.1, -0.05) is 0 Å². The average molecular weight is 202 g/mol. The van der Waals surface area contributed by atoms with E-state index in [1.807, 2.05) is 0 Å². The monoisotopic (exact) mass is 202 g/mol. The summed E-state index contributed by atoms with van der Waals surface area (Å²) >= 11 is 0. The van der Waals surface area contributed by atoms with E-state index in [1.54, 1.807) is 0 Å². The van der Waals surface area contributed by atoms with Crippen molar-refractivity contribution in [2.24, 2.45) is 0 Å². The largest absolute Gasteiger partial charge is 0.479 e. The molecule has 0 fully saturated rings. The maximum atomic E-state index is 13.1. The molecule has 1 unspecified atom stereocenters. The molecule has 0 aliphatic heterocycles. The molecule has 0 heterocycles. The van der Waals surface area contributed by atoms with Crippen LogP contribution in [0.3, 0.4) is 0 Å². The molecule has 1 rings (SSSR count). The van der Waals surface area contributed by atoms with E-state index < -0.39 is 29.3 Å². The number of aliphatic carboxylic acids is 1. The van der Waals surface area contributed by atoms with Crippen LogP contribution in [0.15, 0.2) is 12.1 Å². The summed E-state index contributed by atoms with van der Waals surface area (Å²) in [6.07, 6.45) is -1.96. The van der Waals surface area contributed by atoms with Crippen LogP contribution in [0, 0.1) is 18.6 Å². The van der Waals surface area contributed by atoms with Crippen molar-refractivity contribution in [1.82, 2.24) is 0 Å². The van der Waals surface area contributed by atoms with Gasteiger partial charge in [-0.3, -0.25) is 0 Å². The average Bonchev–Trinajstić information content (AvgIpc) is 2.01. The first-order valence-electron chi connectivity index (χ1n) is 3.80. The Morgan fingerprint density at radius 1 is 1.43 bits per heavy atom. The number of halogens is 2. The summed E-state index contributed by atoms with van der Waals surface area (Å²) in [7, 11) is 0. The molecule has 1 aromatic carbocycles. The minimum atomic E-state index is -1.96. The molecular formula is C9H8F2O3. The molecule has 1 atom stereocenters. The normalized spacial score (nSPS) is 12.6. The van der Waals surface area contributed by atoms with Crippen molar-refractivity contribution in [1.29, 1.82) is 0 Å². The lowest BCUT2D eigenvalue weighted by Crippen LogP contribution is -2.14. The van der Waals surface area contributed by atoms with E-state index >= 15 is 0 Å². The van der Waals surface area contributed by atoms with Gasteiger partial charge in [0, 0.05) is 11.6 Å². The highest BCUT2D eigenvalue weighted by atomic mass is 19.1. The third kappa shape index (κ3) is 1.88. The van der Waals surface area contributed by atoms with Crippen molar-refractivity contribution in [3.63, 3.8) is 0 Å². The summed E-state index contributed by atoms with van der Waals surface area (Å²) in [5.74, 6) is -3.43. The van der Waals surface area contributed by atoms with Gasteiger partial charge in [-0.25, -0.2) is 13.6 Å². The van der Waals surface area contributed by atoms with Crippen molar-refractivity contribution >= 4 is 5.97 Å². The fourth-order valence-corrected chi connectivity index (χ4v) is 1.18. The summed E-state index contributed by atoms with van der Waals surface area (Å²) < 4.78 is 25.7. The van der Waals surface area contributed by atoms with Crippen LogP contribution in [-0.2, 0) is 4.79 Å². The maximum Gasteiger partial charge on any atom is 0.337 e. The van der Waals surface area contributed by atoms with Crippen LogP contribution in [0.2, 0.25) is 0 Å². The second-order valence-corrected chi connectivity index (χ2v) is 2.86. The lowest BCUT2D eigenvalue weighted by Gasteiger charge is -2.10. The first kappa shape index (κ1) is 10.6. The highest BCUT2D eigenvalue weighted by Crippen LogP contribution is 2.22. The predicted molar refractivity (Wildman–Crippen MR) is 43.7 cm³/mol. The minimum Gasteiger partial charge on any atom is -0.479 e. The number of benzene rings is 1. The number of carbonyl (C=O) groups is 1. The molecule has 2 N–H and O–H groups in total. The van der Waals surface area contributed by atoms with Crippen LogP contribution in [0.5, 0.6) is 0 Å². The van der Waals surface area contributed by atoms with Crippen LogP contribution >= 0.6 is 0 Å². The molecule has 0 aromatic heterocycles. The second-order valence-electron chi connectivity index (χ2n) is 2.86. The first-order valence-corrected chi connectivity index (χ1v) is 3.80. The molecule has 1 aromatic rings. The van der Waals surface area contributed by atoms with Gasteiger partial charge in [0.25, 0.3) is 0 Å². The molecule has 0 amide bonds. The second kappa shape index (κ2) is 3.71. The number of carboxylic acids is 1. The summed E-state index contributed by atoms with van der Waals surface area (Å²) in [5.41, 5.74) is -0.337. The SMILES string of the molecule is Cc1cc(F)cc(F)c1C(O)C(=O)O. The number of aliphatic hydroxyl groups is 1. The number of rotatable bonds is 2. The van der Waals surface area contributed by atoms with Gasteiger partial charge in [0.2, 0.25) is 0 Å². The van der Waals surface area contributed by atoms with Gasteiger partial charge in [0.15, 0.2) is 6.10 Å². The molecule has 0 aliphatic carbocycles. The molecule has 0 bridgehead atoms. The van der Waals surface area contributed by atoms with Crippen molar-refractivity contribution in [3.05, 3.63) is 34.9 Å². The Labute approximate surface area is 78.6 Å². The predicted octanol–water partition coefficient (Wildman–Crippen LogP) is 1.39. The van der Waals surface area contributed by atoms with Gasteiger partial charge in [-0.2, -0.15) is 0 Å². The number of hydrogen-bond acceptors (Lipinski definition) is 2. The van der Waals surface area contributed by atoms with Crippen LogP contribution in [0.1, 0.15) is 17.2 Å². The molecular weight excluding hydrogens is 194 g/mol. The van der Waals surface area contributed by atoms with E-state index in [0.29, 0.717) is 6.07 Å². The topological polar surface area (TPSA) is 57.5 Å². The van der Waals surface area contributed by atoms with Crippen molar-refractivity contribution in [3.8, 4) is 0 Å². The quantitative estimate of drug-likeness (QED) is 0.761. The molecule has 14 heavy (non-hydrogen) atoms. The van der Waals surface area contributed by atoms with Crippen molar-refractivity contribution < 1.29 is 23.8 Å². The fourth-order valence-electron chi connectivity index (χ4n) is 1.18. The maximum absolute atomic E-state index is 13.1. The third-order valence-electron chi connectivity index (χ3n) is 1.81. The van der Waals surface area contributed by atoms with Gasteiger partial charge in [-0.05, 0) is 18.6 Å². The highest BCUT2D eigenvalue weighted by Gasteiger charge is 2.22. The Kier molecular flexibility index (Phi) is 2.81. The van der Waals surface area contributed by atoms with E-state index in [-0.39, 0.29) is 5.56 Å². The Balaban J connectivity index is 3.27. The minimum absolute atomic E-state index is 0.0670. The summed E-state index contributed by atoms with van der Waals surface area (Å²) in [5, 5.41) is 17.5. The molecule has 76 valence electrons. The van der Waals surface area contributed by atoms with Crippen LogP contribution < -0.4 is 0 Å². The Hall–Kier alpha value is -1.49. The van der Waals surface area contributed by atoms with Crippen LogP contribution in [-0.4, -0.2) is 16.2 Å². The van der Waals surface area contributed by atoms with E-state index in [4.69, 9.17) is 10.2 Å². The lowest BCUT2D eigenvalue weighted by atomic mass is 10.0. The molecule has 0 saturated heterocycles. The Bertz CT molecular complexity index is 353. The third-order valence-corrected chi connectivity index (χ3v) is 1.81. The zero-order valence-electron chi connectivity index (χ0n) is 7.29. The van der Waals surface area contributed by atoms with Gasteiger partial charge in [-0.15, -0.1) is 0 Å². The Morgan fingerprint density at radius 2 is 2.00 bits per heavy atom. The number of hydrogen-bond donors (Lipinski definition) is 2. The summed E-state index contributed by atoms with van der Waals surface area (Å²) in [6.45, 7) is 1.33. The highest BCUT2D eigenvalue weighted by molar-refractivity contribution is 5.74. The molecule has 0 spiro atoms. The van der Waals surface area contributed by atoms with Gasteiger partial charge in [0.1, 0.15) is 11.6 Å². The number of carboxylic acid groups (broad SMARTS) is 1. The van der Waals surface area contributed by atoms with Gasteiger partial charge < -0.3 is 10.2 Å². The Morgan fingerprint density at radius 3 is 2.43 bits per heavy atom. The summed E-state index contributed by atoms with van der Waals surface area (Å²) in [6, 6.07) is 1.50. The van der Waals surface area contributed by atoms with E-state index in [1.165, 1.54) is 6.92 Å². The molecule has 0 saturated carbocycles. The zero-order valence-corrected chi connectivity index (χ0v) is 7.29. The fraction of sp³-hybridized carbons (Fsp3) is 0.222. The van der Waals surface area contributed by atoms with Crippen molar-refractivity contribution in [2.45, 2.75) is 13.0 Å². The smallest absolute Gasteiger partial charge is 0.337 e. The standard InChI is InChI=1S/C9H8F2O3/c1-4-2-5(10)3-6(11)7(4)8(12)9(13)14/h2-3,8,12H,1H3,(H,13,14). The lowest BCUT2D eigenvalue weighted by molar-refractivity contribution is -0.147. The molecule has 3 nitrogen and oxygen atoms in total. The first-order chi connectivity index (χ1) is 6.43. The van der Waals surface area contributed by atoms with Crippen molar-refractivity contribution in [2.75, 3.05) is 0 Å². The number of aliphatic hydroxyl groups excluding tert-OH is 1. The van der Waals surface area contributed by atoms with Crippen LogP contribution in [0.25, 0.3) is 0 Å².